The van der Waals surface area contributed by atoms with Crippen molar-refractivity contribution in [3.8, 4) is 23.0 Å². The van der Waals surface area contributed by atoms with E-state index in [4.69, 9.17) is 28.5 Å². The first-order valence-electron chi connectivity index (χ1n) is 9.45. The van der Waals surface area contributed by atoms with Crippen LogP contribution in [0, 0.1) is 0 Å². The minimum Gasteiger partial charge on any atom is -0.493 e. The lowest BCUT2D eigenvalue weighted by Gasteiger charge is -2.27. The van der Waals surface area contributed by atoms with Crippen molar-refractivity contribution >= 4 is 17.5 Å². The summed E-state index contributed by atoms with van der Waals surface area (Å²) in [6.07, 6.45) is 0.0638. The highest BCUT2D eigenvalue weighted by atomic mass is 16.7. The van der Waals surface area contributed by atoms with Crippen LogP contribution < -0.4 is 18.9 Å². The van der Waals surface area contributed by atoms with E-state index >= 15 is 0 Å². The molecule has 2 aromatic rings. The van der Waals surface area contributed by atoms with Gasteiger partial charge in [-0.15, -0.1) is 0 Å². The second kappa shape index (κ2) is 8.17. The third kappa shape index (κ3) is 3.31. The summed E-state index contributed by atoms with van der Waals surface area (Å²) in [5.74, 6) is 0.259. The Hall–Kier alpha value is -3.75. The number of fused-ring (bicyclic) bond motifs is 2. The Labute approximate surface area is 178 Å². The molecule has 0 aromatic heterocycles. The van der Waals surface area contributed by atoms with Crippen LogP contribution in [0.15, 0.2) is 29.4 Å². The first-order chi connectivity index (χ1) is 15.0. The van der Waals surface area contributed by atoms with Gasteiger partial charge in [0.25, 0.3) is 0 Å². The van der Waals surface area contributed by atoms with E-state index in [0.29, 0.717) is 39.7 Å². The Kier molecular flexibility index (Phi) is 5.41. The Bertz CT molecular complexity index is 1090. The van der Waals surface area contributed by atoms with Crippen LogP contribution in [0.4, 0.5) is 0 Å². The van der Waals surface area contributed by atoms with Gasteiger partial charge in [-0.1, -0.05) is 11.2 Å². The molecule has 2 aliphatic rings. The standard InChI is InChI=1S/C22H21NO8/c1-26-16-6-5-11(19(21(16)27-2)22(25)28-3)13-7-15(24)12-8-17-18(31-10-30-17)9-14(12)20(13)23-29-4/h5-6,8-9,13H,7,10H2,1-4H3. The monoisotopic (exact) mass is 427 g/mol. The highest BCUT2D eigenvalue weighted by Crippen LogP contribution is 2.44. The summed E-state index contributed by atoms with van der Waals surface area (Å²) >= 11 is 0. The van der Waals surface area contributed by atoms with E-state index in [1.807, 2.05) is 0 Å². The maximum Gasteiger partial charge on any atom is 0.342 e. The summed E-state index contributed by atoms with van der Waals surface area (Å²) < 4.78 is 26.7. The number of methoxy groups -OCH3 is 3. The second-order valence-corrected chi connectivity index (χ2v) is 6.85. The fourth-order valence-electron chi connectivity index (χ4n) is 3.98. The average Bonchev–Trinajstić information content (AvgIpc) is 3.25. The quantitative estimate of drug-likeness (QED) is 0.530. The van der Waals surface area contributed by atoms with Crippen LogP contribution >= 0.6 is 0 Å². The third-order valence-corrected chi connectivity index (χ3v) is 5.34. The predicted octanol–water partition coefficient (Wildman–Crippen LogP) is 2.94. The first-order valence-corrected chi connectivity index (χ1v) is 9.45. The van der Waals surface area contributed by atoms with Crippen molar-refractivity contribution in [3.05, 3.63) is 46.5 Å². The Morgan fingerprint density at radius 1 is 1.03 bits per heavy atom. The molecule has 1 unspecified atom stereocenters. The zero-order valence-corrected chi connectivity index (χ0v) is 17.5. The molecule has 1 heterocycles. The van der Waals surface area contributed by atoms with Crippen LogP contribution in [0.1, 0.15) is 44.2 Å². The molecule has 0 fully saturated rings. The number of nitrogens with zero attached hydrogens (tertiary/aromatic N) is 1. The number of hydrogen-bond acceptors (Lipinski definition) is 9. The number of hydrogen-bond donors (Lipinski definition) is 0. The summed E-state index contributed by atoms with van der Waals surface area (Å²) in [6.45, 7) is 0.0781. The van der Waals surface area contributed by atoms with Gasteiger partial charge >= 0.3 is 5.97 Å². The Morgan fingerprint density at radius 3 is 2.35 bits per heavy atom. The van der Waals surface area contributed by atoms with Crippen molar-refractivity contribution in [2.75, 3.05) is 35.2 Å². The Morgan fingerprint density at radius 2 is 1.74 bits per heavy atom. The number of ether oxygens (including phenoxy) is 5. The van der Waals surface area contributed by atoms with Gasteiger partial charge in [0.2, 0.25) is 6.79 Å². The molecule has 4 rings (SSSR count). The number of ketones is 1. The molecular formula is C22H21NO8. The van der Waals surface area contributed by atoms with E-state index in [1.165, 1.54) is 28.4 Å². The molecule has 0 saturated heterocycles. The van der Waals surface area contributed by atoms with Crippen LogP contribution in [-0.2, 0) is 9.57 Å². The molecule has 1 aliphatic heterocycles. The summed E-state index contributed by atoms with van der Waals surface area (Å²) in [6, 6.07) is 6.73. The van der Waals surface area contributed by atoms with Crippen LogP contribution in [0.3, 0.4) is 0 Å². The van der Waals surface area contributed by atoms with E-state index in [2.05, 4.69) is 5.16 Å². The molecule has 9 nitrogen and oxygen atoms in total. The normalized spacial score (nSPS) is 17.9. The van der Waals surface area contributed by atoms with Gasteiger partial charge in [-0.3, -0.25) is 4.79 Å². The van der Waals surface area contributed by atoms with E-state index in [9.17, 15) is 9.59 Å². The maximum absolute atomic E-state index is 13.1. The number of rotatable bonds is 5. The molecular weight excluding hydrogens is 406 g/mol. The molecule has 162 valence electrons. The zero-order chi connectivity index (χ0) is 22.1. The average molecular weight is 427 g/mol. The third-order valence-electron chi connectivity index (χ3n) is 5.34. The largest absolute Gasteiger partial charge is 0.493 e. The fourth-order valence-corrected chi connectivity index (χ4v) is 3.98. The highest BCUT2D eigenvalue weighted by molar-refractivity contribution is 6.20. The molecule has 2 aromatic carbocycles. The van der Waals surface area contributed by atoms with Gasteiger partial charge in [-0.25, -0.2) is 4.79 Å². The molecule has 1 atom stereocenters. The van der Waals surface area contributed by atoms with Crippen molar-refractivity contribution in [2.24, 2.45) is 5.16 Å². The lowest BCUT2D eigenvalue weighted by molar-refractivity contribution is 0.0594. The number of benzene rings is 2. The fraction of sp³-hybridized carbons (Fsp3) is 0.318. The topological polar surface area (TPSA) is 102 Å². The summed E-state index contributed by atoms with van der Waals surface area (Å²) in [5.41, 5.74) is 2.16. The number of carbonyl (C=O) groups excluding carboxylic acids is 2. The molecule has 9 heteroatoms. The van der Waals surface area contributed by atoms with Gasteiger partial charge < -0.3 is 28.5 Å². The lowest BCUT2D eigenvalue weighted by Crippen LogP contribution is -2.28. The van der Waals surface area contributed by atoms with Crippen LogP contribution in [0.5, 0.6) is 23.0 Å². The van der Waals surface area contributed by atoms with Gasteiger partial charge in [0, 0.05) is 23.5 Å². The van der Waals surface area contributed by atoms with Crippen molar-refractivity contribution in [1.82, 2.24) is 0 Å². The molecule has 0 saturated carbocycles. The molecule has 0 radical (unpaired) electrons. The number of oxime groups is 1. The summed E-state index contributed by atoms with van der Waals surface area (Å²) in [7, 11) is 5.60. The maximum atomic E-state index is 13.1. The molecule has 0 amide bonds. The number of esters is 1. The van der Waals surface area contributed by atoms with Gasteiger partial charge in [0.05, 0.1) is 27.0 Å². The van der Waals surface area contributed by atoms with Crippen molar-refractivity contribution in [3.63, 3.8) is 0 Å². The van der Waals surface area contributed by atoms with E-state index in [1.54, 1.807) is 24.3 Å². The summed E-state index contributed by atoms with van der Waals surface area (Å²) in [5, 5.41) is 4.21. The minimum absolute atomic E-state index is 0.0638. The molecule has 0 N–H and O–H groups in total. The highest BCUT2D eigenvalue weighted by Gasteiger charge is 2.38. The molecule has 31 heavy (non-hydrogen) atoms. The molecule has 0 bridgehead atoms. The van der Waals surface area contributed by atoms with Crippen molar-refractivity contribution in [2.45, 2.75) is 12.3 Å². The van der Waals surface area contributed by atoms with E-state index in [0.717, 1.165) is 0 Å². The van der Waals surface area contributed by atoms with Crippen LogP contribution in [0.25, 0.3) is 0 Å². The van der Waals surface area contributed by atoms with E-state index in [-0.39, 0.29) is 30.3 Å². The lowest BCUT2D eigenvalue weighted by atomic mass is 9.76. The predicted molar refractivity (Wildman–Crippen MR) is 109 cm³/mol. The van der Waals surface area contributed by atoms with Gasteiger partial charge in [-0.2, -0.15) is 0 Å². The minimum atomic E-state index is -0.619. The molecule has 1 aliphatic carbocycles. The van der Waals surface area contributed by atoms with Crippen molar-refractivity contribution in [1.29, 1.82) is 0 Å². The number of carbonyl (C=O) groups is 2. The Balaban J connectivity index is 1.93. The SMILES string of the molecule is CON=C1c2cc3c(cc2C(=O)CC1c1ccc(OC)c(OC)c1C(=O)OC)OCO3. The van der Waals surface area contributed by atoms with Gasteiger partial charge in [-0.05, 0) is 23.8 Å². The smallest absolute Gasteiger partial charge is 0.342 e. The summed E-state index contributed by atoms with van der Waals surface area (Å²) in [4.78, 5) is 30.9. The zero-order valence-electron chi connectivity index (χ0n) is 17.5. The van der Waals surface area contributed by atoms with Gasteiger partial charge in [0.15, 0.2) is 28.8 Å². The van der Waals surface area contributed by atoms with Crippen LogP contribution in [-0.4, -0.2) is 52.7 Å². The van der Waals surface area contributed by atoms with Gasteiger partial charge in [0.1, 0.15) is 12.7 Å². The van der Waals surface area contributed by atoms with Crippen molar-refractivity contribution < 1.29 is 38.1 Å². The van der Waals surface area contributed by atoms with E-state index < -0.39 is 11.9 Å². The van der Waals surface area contributed by atoms with Crippen LogP contribution in [0.2, 0.25) is 0 Å². The second-order valence-electron chi connectivity index (χ2n) is 6.85. The first kappa shape index (κ1) is 20.5. The molecule has 0 spiro atoms. The number of Topliss-reactive ketones (excluding diaryl/α,β-unsaturated/α-hetero) is 1.